The number of hydrogen-bond acceptors (Lipinski definition) is 3. The quantitative estimate of drug-likeness (QED) is 0.810. The fourth-order valence-electron chi connectivity index (χ4n) is 3.53. The second-order valence-corrected chi connectivity index (χ2v) is 6.67. The van der Waals surface area contributed by atoms with E-state index >= 15 is 0 Å². The van der Waals surface area contributed by atoms with E-state index in [1.165, 1.54) is 6.42 Å². The minimum Gasteiger partial charge on any atom is -0.480 e. The number of rotatable bonds is 2. The number of nitrogens with zero attached hydrogens (tertiary/aromatic N) is 1. The Morgan fingerprint density at radius 2 is 1.94 bits per heavy atom. The molecule has 1 heterocycles. The van der Waals surface area contributed by atoms with Gasteiger partial charge in [0.15, 0.2) is 0 Å². The van der Waals surface area contributed by atoms with Crippen LogP contribution < -0.4 is 0 Å². The van der Waals surface area contributed by atoms with E-state index in [0.29, 0.717) is 17.6 Å². The van der Waals surface area contributed by atoms with E-state index in [-0.39, 0.29) is 17.2 Å². The summed E-state index contributed by atoms with van der Waals surface area (Å²) in [6.45, 7) is 1.93. The van der Waals surface area contributed by atoms with Crippen molar-refractivity contribution in [2.24, 2.45) is 17.8 Å². The van der Waals surface area contributed by atoms with E-state index < -0.39 is 12.0 Å². The van der Waals surface area contributed by atoms with Crippen molar-refractivity contribution in [2.45, 2.75) is 37.6 Å². The molecule has 2 aliphatic carbocycles. The lowest BCUT2D eigenvalue weighted by Gasteiger charge is -2.25. The van der Waals surface area contributed by atoms with E-state index in [1.54, 1.807) is 16.7 Å². The van der Waals surface area contributed by atoms with Gasteiger partial charge in [0.2, 0.25) is 5.91 Å². The number of amides is 1. The molecule has 0 radical (unpaired) electrons. The van der Waals surface area contributed by atoms with Crippen molar-refractivity contribution in [1.82, 2.24) is 4.90 Å². The van der Waals surface area contributed by atoms with Crippen molar-refractivity contribution in [3.8, 4) is 0 Å². The molecule has 1 amide bonds. The molecule has 5 heteroatoms. The molecule has 1 aliphatic heterocycles. The highest BCUT2D eigenvalue weighted by molar-refractivity contribution is 8.00. The molecule has 4 nitrogen and oxygen atoms in total. The predicted molar refractivity (Wildman–Crippen MR) is 64.5 cm³/mol. The van der Waals surface area contributed by atoms with Crippen LogP contribution in [0.5, 0.6) is 0 Å². The molecule has 0 bridgehead atoms. The number of aliphatic carboxylic acids is 1. The van der Waals surface area contributed by atoms with Crippen molar-refractivity contribution in [1.29, 1.82) is 0 Å². The summed E-state index contributed by atoms with van der Waals surface area (Å²) in [5, 5.41) is 9.17. The topological polar surface area (TPSA) is 57.6 Å². The smallest absolute Gasteiger partial charge is 0.327 e. The Labute approximate surface area is 105 Å². The highest BCUT2D eigenvalue weighted by atomic mass is 32.2. The van der Waals surface area contributed by atoms with E-state index in [2.05, 4.69) is 0 Å². The van der Waals surface area contributed by atoms with Crippen LogP contribution in [0.3, 0.4) is 0 Å². The zero-order valence-electron chi connectivity index (χ0n) is 9.83. The zero-order chi connectivity index (χ0) is 12.2. The number of thioether (sulfide) groups is 1. The second kappa shape index (κ2) is 3.90. The summed E-state index contributed by atoms with van der Waals surface area (Å²) < 4.78 is 0. The molecular formula is C12H17NO3S. The van der Waals surface area contributed by atoms with Gasteiger partial charge in [-0.25, -0.2) is 4.79 Å². The average Bonchev–Trinajstić information content (AvgIpc) is 2.65. The third-order valence-corrected chi connectivity index (χ3v) is 5.67. The minimum atomic E-state index is -0.860. The average molecular weight is 255 g/mol. The number of hydrogen-bond donors (Lipinski definition) is 1. The van der Waals surface area contributed by atoms with Crippen molar-refractivity contribution in [2.75, 3.05) is 5.75 Å². The summed E-state index contributed by atoms with van der Waals surface area (Å²) in [6.07, 6.45) is 3.56. The Balaban J connectivity index is 1.74. The Bertz CT molecular complexity index is 363. The summed E-state index contributed by atoms with van der Waals surface area (Å²) in [5.74, 6) is 1.05. The first-order valence-electron chi connectivity index (χ1n) is 6.28. The number of carboxylic acids is 1. The Hall–Kier alpha value is -0.710. The van der Waals surface area contributed by atoms with Gasteiger partial charge in [0.25, 0.3) is 0 Å². The standard InChI is InChI=1S/C12H17NO3S/c1-6-13(9(5-17-6)12(15)16)11(14)10-7-3-2-4-8(7)10/h6-10H,2-5H2,1H3,(H,15,16). The van der Waals surface area contributed by atoms with Gasteiger partial charge in [0.1, 0.15) is 6.04 Å². The maximum atomic E-state index is 12.4. The zero-order valence-corrected chi connectivity index (χ0v) is 10.7. The fourth-order valence-corrected chi connectivity index (χ4v) is 4.70. The monoisotopic (exact) mass is 255 g/mol. The maximum absolute atomic E-state index is 12.4. The SMILES string of the molecule is CC1SCC(C(=O)O)N1C(=O)C1C2CCCC21. The van der Waals surface area contributed by atoms with Crippen molar-refractivity contribution in [3.63, 3.8) is 0 Å². The van der Waals surface area contributed by atoms with Gasteiger partial charge in [-0.15, -0.1) is 11.8 Å². The number of fused-ring (bicyclic) bond motifs is 1. The molecule has 2 saturated carbocycles. The summed E-state index contributed by atoms with van der Waals surface area (Å²) in [7, 11) is 0. The third kappa shape index (κ3) is 1.66. The van der Waals surface area contributed by atoms with Crippen LogP contribution in [0.25, 0.3) is 0 Å². The molecule has 3 rings (SSSR count). The van der Waals surface area contributed by atoms with Crippen LogP contribution in [0.1, 0.15) is 26.2 Å². The number of carbonyl (C=O) groups is 2. The molecule has 4 atom stereocenters. The van der Waals surface area contributed by atoms with Gasteiger partial charge >= 0.3 is 5.97 Å². The summed E-state index contributed by atoms with van der Waals surface area (Å²) in [5.41, 5.74) is 0. The van der Waals surface area contributed by atoms with E-state index in [9.17, 15) is 9.59 Å². The van der Waals surface area contributed by atoms with Crippen LogP contribution in [0, 0.1) is 17.8 Å². The fraction of sp³-hybridized carbons (Fsp3) is 0.833. The lowest BCUT2D eigenvalue weighted by molar-refractivity contribution is -0.149. The first kappa shape index (κ1) is 11.4. The first-order chi connectivity index (χ1) is 8.11. The summed E-state index contributed by atoms with van der Waals surface area (Å²) in [4.78, 5) is 25.2. The van der Waals surface area contributed by atoms with Gasteiger partial charge in [-0.2, -0.15) is 0 Å². The lowest BCUT2D eigenvalue weighted by atomic mass is 10.1. The van der Waals surface area contributed by atoms with Gasteiger partial charge in [-0.05, 0) is 31.6 Å². The normalized spacial score (nSPS) is 43.6. The molecule has 0 aromatic carbocycles. The third-order valence-electron chi connectivity index (χ3n) is 4.45. The Kier molecular flexibility index (Phi) is 2.61. The molecular weight excluding hydrogens is 238 g/mol. The Morgan fingerprint density at radius 1 is 1.29 bits per heavy atom. The van der Waals surface area contributed by atoms with Gasteiger partial charge in [0, 0.05) is 11.7 Å². The molecule has 17 heavy (non-hydrogen) atoms. The number of carbonyl (C=O) groups excluding carboxylic acids is 1. The van der Waals surface area contributed by atoms with Gasteiger partial charge < -0.3 is 10.0 Å². The molecule has 1 saturated heterocycles. The molecule has 0 spiro atoms. The summed E-state index contributed by atoms with van der Waals surface area (Å²) in [6, 6.07) is -0.608. The van der Waals surface area contributed by atoms with Crippen LogP contribution in [-0.2, 0) is 9.59 Å². The van der Waals surface area contributed by atoms with Gasteiger partial charge in [-0.3, -0.25) is 4.79 Å². The van der Waals surface area contributed by atoms with E-state index in [4.69, 9.17) is 5.11 Å². The van der Waals surface area contributed by atoms with Gasteiger partial charge in [0.05, 0.1) is 5.37 Å². The first-order valence-corrected chi connectivity index (χ1v) is 7.32. The molecule has 0 aromatic rings. The van der Waals surface area contributed by atoms with Crippen LogP contribution in [0.4, 0.5) is 0 Å². The predicted octanol–water partition coefficient (Wildman–Crippen LogP) is 1.41. The lowest BCUT2D eigenvalue weighted by Crippen LogP contribution is -2.46. The Morgan fingerprint density at radius 3 is 2.53 bits per heavy atom. The number of carboxylic acid groups (broad SMARTS) is 1. The maximum Gasteiger partial charge on any atom is 0.327 e. The molecule has 4 unspecified atom stereocenters. The van der Waals surface area contributed by atoms with Crippen molar-refractivity contribution < 1.29 is 14.7 Å². The van der Waals surface area contributed by atoms with Crippen LogP contribution in [0.15, 0.2) is 0 Å². The van der Waals surface area contributed by atoms with E-state index in [0.717, 1.165) is 12.8 Å². The van der Waals surface area contributed by atoms with Crippen molar-refractivity contribution >= 4 is 23.6 Å². The van der Waals surface area contributed by atoms with E-state index in [1.807, 2.05) is 6.92 Å². The minimum absolute atomic E-state index is 0.0185. The summed E-state index contributed by atoms with van der Waals surface area (Å²) >= 11 is 1.57. The van der Waals surface area contributed by atoms with Gasteiger partial charge in [-0.1, -0.05) is 6.42 Å². The highest BCUT2D eigenvalue weighted by Crippen LogP contribution is 2.58. The molecule has 3 aliphatic rings. The highest BCUT2D eigenvalue weighted by Gasteiger charge is 2.59. The van der Waals surface area contributed by atoms with Crippen LogP contribution >= 0.6 is 11.8 Å². The van der Waals surface area contributed by atoms with Crippen LogP contribution in [0.2, 0.25) is 0 Å². The molecule has 1 N–H and O–H groups in total. The van der Waals surface area contributed by atoms with Crippen LogP contribution in [-0.4, -0.2) is 39.1 Å². The van der Waals surface area contributed by atoms with Crippen molar-refractivity contribution in [3.05, 3.63) is 0 Å². The largest absolute Gasteiger partial charge is 0.480 e. The second-order valence-electron chi connectivity index (χ2n) is 5.32. The molecule has 94 valence electrons. The molecule has 3 fully saturated rings. The molecule has 0 aromatic heterocycles.